The van der Waals surface area contributed by atoms with E-state index in [0.29, 0.717) is 16.7 Å². The molecule has 0 saturated carbocycles. The van der Waals surface area contributed by atoms with Crippen molar-refractivity contribution in [2.75, 3.05) is 18.0 Å². The second-order valence-corrected chi connectivity index (χ2v) is 6.45. The number of furan rings is 1. The number of alkyl halides is 3. The summed E-state index contributed by atoms with van der Waals surface area (Å²) in [6.45, 7) is 1.85. The highest BCUT2D eigenvalue weighted by molar-refractivity contribution is 5.94. The van der Waals surface area contributed by atoms with Gasteiger partial charge in [-0.05, 0) is 49.6 Å². The molecule has 3 nitrogen and oxygen atoms in total. The fourth-order valence-corrected chi connectivity index (χ4v) is 3.64. The molecule has 1 aliphatic heterocycles. The highest BCUT2D eigenvalue weighted by atomic mass is 19.4. The van der Waals surface area contributed by atoms with Gasteiger partial charge in [0.2, 0.25) is 0 Å². The Balaban J connectivity index is 1.86. The molecule has 0 bridgehead atoms. The van der Waals surface area contributed by atoms with Gasteiger partial charge < -0.3 is 13.9 Å². The average Bonchev–Trinajstić information content (AvgIpc) is 3.23. The Hall–Kier alpha value is -2.37. The first-order valence-corrected chi connectivity index (χ1v) is 8.51. The van der Waals surface area contributed by atoms with Gasteiger partial charge in [0, 0.05) is 24.2 Å². The molecule has 3 heterocycles. The van der Waals surface area contributed by atoms with Crippen LogP contribution in [0.2, 0.25) is 0 Å². The molecule has 0 amide bonds. The zero-order valence-electron chi connectivity index (χ0n) is 13.7. The molecule has 4 rings (SSSR count). The lowest BCUT2D eigenvalue weighted by Crippen LogP contribution is -2.29. The number of anilines is 1. The smallest absolute Gasteiger partial charge is 0.431 e. The Kier molecular flexibility index (Phi) is 3.98. The summed E-state index contributed by atoms with van der Waals surface area (Å²) >= 11 is 0. The van der Waals surface area contributed by atoms with Crippen molar-refractivity contribution in [1.29, 1.82) is 0 Å². The van der Waals surface area contributed by atoms with E-state index < -0.39 is 11.9 Å². The van der Waals surface area contributed by atoms with Gasteiger partial charge in [-0.1, -0.05) is 6.07 Å². The van der Waals surface area contributed by atoms with Gasteiger partial charge in [-0.25, -0.2) is 0 Å². The number of aromatic nitrogens is 1. The SMILES string of the molecule is FC(F)(F)c1cc2c(N3CCCCC3)cccc2n1Cc1ccco1. The molecule has 3 aromatic rings. The van der Waals surface area contributed by atoms with Crippen LogP contribution in [0.3, 0.4) is 0 Å². The van der Waals surface area contributed by atoms with Crippen molar-refractivity contribution in [3.05, 3.63) is 54.1 Å². The van der Waals surface area contributed by atoms with E-state index in [0.717, 1.165) is 31.6 Å². The van der Waals surface area contributed by atoms with Crippen LogP contribution in [-0.2, 0) is 12.7 Å². The molecule has 1 saturated heterocycles. The summed E-state index contributed by atoms with van der Waals surface area (Å²) < 4.78 is 47.5. The molecule has 1 aliphatic rings. The van der Waals surface area contributed by atoms with Crippen LogP contribution in [0, 0.1) is 0 Å². The fraction of sp³-hybridized carbons (Fsp3) is 0.368. The van der Waals surface area contributed by atoms with Gasteiger partial charge in [0.05, 0.1) is 18.3 Å². The van der Waals surface area contributed by atoms with E-state index >= 15 is 0 Å². The predicted octanol–water partition coefficient (Wildman–Crippen LogP) is 5.29. The van der Waals surface area contributed by atoms with E-state index in [1.54, 1.807) is 18.2 Å². The molecule has 2 aromatic heterocycles. The zero-order valence-corrected chi connectivity index (χ0v) is 13.7. The van der Waals surface area contributed by atoms with Crippen molar-refractivity contribution in [3.63, 3.8) is 0 Å². The summed E-state index contributed by atoms with van der Waals surface area (Å²) in [4.78, 5) is 2.20. The first-order chi connectivity index (χ1) is 12.0. The summed E-state index contributed by atoms with van der Waals surface area (Å²) in [6, 6.07) is 10.2. The number of nitrogens with zero attached hydrogens (tertiary/aromatic N) is 2. The van der Waals surface area contributed by atoms with Crippen molar-refractivity contribution < 1.29 is 17.6 Å². The largest absolute Gasteiger partial charge is 0.467 e. The van der Waals surface area contributed by atoms with Crippen LogP contribution < -0.4 is 4.90 Å². The molecule has 0 spiro atoms. The lowest BCUT2D eigenvalue weighted by Gasteiger charge is -2.29. The van der Waals surface area contributed by atoms with E-state index in [1.807, 2.05) is 12.1 Å². The molecular formula is C19H19F3N2O. The van der Waals surface area contributed by atoms with E-state index in [1.165, 1.54) is 23.3 Å². The zero-order chi connectivity index (χ0) is 17.4. The highest BCUT2D eigenvalue weighted by Crippen LogP contribution is 2.38. The third-order valence-corrected chi connectivity index (χ3v) is 4.80. The number of rotatable bonds is 3. The van der Waals surface area contributed by atoms with Crippen LogP contribution in [0.15, 0.2) is 47.1 Å². The maximum absolute atomic E-state index is 13.6. The molecule has 25 heavy (non-hydrogen) atoms. The Morgan fingerprint density at radius 1 is 1.00 bits per heavy atom. The van der Waals surface area contributed by atoms with E-state index in [-0.39, 0.29) is 6.54 Å². The topological polar surface area (TPSA) is 21.3 Å². The second-order valence-electron chi connectivity index (χ2n) is 6.45. The molecule has 0 aliphatic carbocycles. The van der Waals surface area contributed by atoms with Crippen molar-refractivity contribution in [1.82, 2.24) is 4.57 Å². The van der Waals surface area contributed by atoms with Gasteiger partial charge in [0.1, 0.15) is 11.5 Å². The first-order valence-electron chi connectivity index (χ1n) is 8.51. The summed E-state index contributed by atoms with van der Waals surface area (Å²) in [6.07, 6.45) is 0.406. The minimum absolute atomic E-state index is 0.0643. The van der Waals surface area contributed by atoms with Crippen LogP contribution >= 0.6 is 0 Å². The number of fused-ring (bicyclic) bond motifs is 1. The van der Waals surface area contributed by atoms with E-state index in [4.69, 9.17) is 4.42 Å². The third-order valence-electron chi connectivity index (χ3n) is 4.80. The maximum atomic E-state index is 13.6. The quantitative estimate of drug-likeness (QED) is 0.641. The molecule has 0 radical (unpaired) electrons. The summed E-state index contributed by atoms with van der Waals surface area (Å²) in [7, 11) is 0. The van der Waals surface area contributed by atoms with Gasteiger partial charge in [0.15, 0.2) is 0 Å². The van der Waals surface area contributed by atoms with Gasteiger partial charge in [-0.3, -0.25) is 0 Å². The Labute approximate surface area is 143 Å². The van der Waals surface area contributed by atoms with Gasteiger partial charge >= 0.3 is 6.18 Å². The van der Waals surface area contributed by atoms with Crippen LogP contribution in [0.1, 0.15) is 30.7 Å². The summed E-state index contributed by atoms with van der Waals surface area (Å²) in [5, 5.41) is 0.656. The van der Waals surface area contributed by atoms with E-state index in [2.05, 4.69) is 4.90 Å². The minimum Gasteiger partial charge on any atom is -0.467 e. The Morgan fingerprint density at radius 2 is 1.80 bits per heavy atom. The average molecular weight is 348 g/mol. The highest BCUT2D eigenvalue weighted by Gasteiger charge is 2.36. The van der Waals surface area contributed by atoms with Crippen molar-refractivity contribution >= 4 is 16.6 Å². The predicted molar refractivity (Wildman–Crippen MR) is 90.8 cm³/mol. The molecule has 132 valence electrons. The Bertz CT molecular complexity index is 859. The van der Waals surface area contributed by atoms with Crippen LogP contribution in [0.4, 0.5) is 18.9 Å². The number of hydrogen-bond acceptors (Lipinski definition) is 2. The molecule has 0 unspecified atom stereocenters. The molecule has 1 fully saturated rings. The number of halogens is 3. The van der Waals surface area contributed by atoms with Gasteiger partial charge in [-0.2, -0.15) is 13.2 Å². The number of hydrogen-bond donors (Lipinski definition) is 0. The minimum atomic E-state index is -4.41. The normalized spacial score (nSPS) is 15.9. The maximum Gasteiger partial charge on any atom is 0.431 e. The summed E-state index contributed by atoms with van der Waals surface area (Å²) in [5.41, 5.74) is 0.844. The van der Waals surface area contributed by atoms with Gasteiger partial charge in [0.25, 0.3) is 0 Å². The van der Waals surface area contributed by atoms with Gasteiger partial charge in [-0.15, -0.1) is 0 Å². The van der Waals surface area contributed by atoms with Crippen LogP contribution in [0.5, 0.6) is 0 Å². The molecule has 1 aromatic carbocycles. The van der Waals surface area contributed by atoms with E-state index in [9.17, 15) is 13.2 Å². The van der Waals surface area contributed by atoms with Crippen molar-refractivity contribution in [3.8, 4) is 0 Å². The second kappa shape index (κ2) is 6.17. The van der Waals surface area contributed by atoms with Crippen LogP contribution in [-0.4, -0.2) is 17.7 Å². The number of piperidine rings is 1. The molecule has 6 heteroatoms. The molecule has 0 atom stereocenters. The lowest BCUT2D eigenvalue weighted by molar-refractivity contribution is -0.143. The third kappa shape index (κ3) is 3.01. The monoisotopic (exact) mass is 348 g/mol. The first kappa shape index (κ1) is 16.1. The summed E-state index contributed by atoms with van der Waals surface area (Å²) in [5.74, 6) is 0.506. The standard InChI is InChI=1S/C19H19F3N2O/c20-19(21,22)18-12-15-16(23-9-2-1-3-10-23)7-4-8-17(15)24(18)13-14-6-5-11-25-14/h4-8,11-12H,1-3,9-10,13H2. The number of benzene rings is 1. The molecule has 0 N–H and O–H groups in total. The van der Waals surface area contributed by atoms with Crippen LogP contribution in [0.25, 0.3) is 10.9 Å². The van der Waals surface area contributed by atoms with Crippen molar-refractivity contribution in [2.45, 2.75) is 32.0 Å². The Morgan fingerprint density at radius 3 is 2.48 bits per heavy atom. The lowest BCUT2D eigenvalue weighted by atomic mass is 10.1. The fourth-order valence-electron chi connectivity index (χ4n) is 3.64. The molecular weight excluding hydrogens is 329 g/mol. The van der Waals surface area contributed by atoms with Crippen molar-refractivity contribution in [2.24, 2.45) is 0 Å².